The van der Waals surface area contributed by atoms with Crippen LogP contribution in [0.5, 0.6) is 0 Å². The third-order valence-corrected chi connectivity index (χ3v) is 4.92. The maximum Gasteiger partial charge on any atom is 0.277 e. The molecule has 1 aliphatic heterocycles. The van der Waals surface area contributed by atoms with Gasteiger partial charge in [-0.15, -0.1) is 0 Å². The fourth-order valence-electron chi connectivity index (χ4n) is 3.54. The number of rotatable bonds is 3. The van der Waals surface area contributed by atoms with Gasteiger partial charge in [0, 0.05) is 36.3 Å². The Morgan fingerprint density at radius 1 is 1.04 bits per heavy atom. The third-order valence-electron chi connectivity index (χ3n) is 4.92. The fourth-order valence-corrected chi connectivity index (χ4v) is 3.54. The van der Waals surface area contributed by atoms with Crippen molar-refractivity contribution in [2.45, 2.75) is 19.4 Å². The molecule has 1 aliphatic rings. The van der Waals surface area contributed by atoms with E-state index >= 15 is 0 Å². The van der Waals surface area contributed by atoms with Crippen molar-refractivity contribution in [3.63, 3.8) is 0 Å². The second kappa shape index (κ2) is 6.64. The summed E-state index contributed by atoms with van der Waals surface area (Å²) in [6, 6.07) is 22.1. The number of hydrogen-bond donors (Lipinski definition) is 0. The van der Waals surface area contributed by atoms with Crippen LogP contribution in [0.2, 0.25) is 0 Å². The molecule has 1 aromatic heterocycles. The van der Waals surface area contributed by atoms with E-state index in [4.69, 9.17) is 0 Å². The Morgan fingerprint density at radius 3 is 2.58 bits per heavy atom. The first-order chi connectivity index (χ1) is 12.6. The lowest BCUT2D eigenvalue weighted by atomic mass is 10.1. The smallest absolute Gasteiger partial charge is 0.277 e. The van der Waals surface area contributed by atoms with E-state index in [1.54, 1.807) is 6.20 Å². The third kappa shape index (κ3) is 2.84. The first-order valence-corrected chi connectivity index (χ1v) is 8.81. The van der Waals surface area contributed by atoms with E-state index < -0.39 is 0 Å². The zero-order valence-corrected chi connectivity index (χ0v) is 15.0. The molecule has 1 atom stereocenters. The molecule has 0 bridgehead atoms. The zero-order chi connectivity index (χ0) is 18.1. The van der Waals surface area contributed by atoms with E-state index in [0.29, 0.717) is 5.69 Å². The van der Waals surface area contributed by atoms with Gasteiger partial charge in [0.2, 0.25) is 0 Å². The predicted molar refractivity (Wildman–Crippen MR) is 105 cm³/mol. The number of para-hydroxylation sites is 2. The maximum atomic E-state index is 13.2. The van der Waals surface area contributed by atoms with Gasteiger partial charge in [0.1, 0.15) is 5.69 Å². The van der Waals surface area contributed by atoms with Gasteiger partial charge in [0.25, 0.3) is 5.91 Å². The Hall–Kier alpha value is -3.14. The SMILES string of the molecule is CC1Cc2ccccc2N1C(=O)c1cc(N(C)c2ccccc2)ccn1. The van der Waals surface area contributed by atoms with Crippen LogP contribution in [-0.4, -0.2) is 24.0 Å². The second-order valence-electron chi connectivity index (χ2n) is 6.65. The van der Waals surface area contributed by atoms with Crippen LogP contribution in [0.25, 0.3) is 0 Å². The molecular weight excluding hydrogens is 322 g/mol. The summed E-state index contributed by atoms with van der Waals surface area (Å²) in [6.45, 7) is 2.08. The summed E-state index contributed by atoms with van der Waals surface area (Å²) in [5, 5.41) is 0. The summed E-state index contributed by atoms with van der Waals surface area (Å²) in [5.74, 6) is -0.0502. The summed E-state index contributed by atoms with van der Waals surface area (Å²) in [4.78, 5) is 21.4. The van der Waals surface area contributed by atoms with E-state index in [1.165, 1.54) is 5.56 Å². The van der Waals surface area contributed by atoms with Crippen LogP contribution in [-0.2, 0) is 6.42 Å². The van der Waals surface area contributed by atoms with Gasteiger partial charge >= 0.3 is 0 Å². The quantitative estimate of drug-likeness (QED) is 0.705. The molecule has 0 saturated heterocycles. The van der Waals surface area contributed by atoms with Crippen LogP contribution in [0.1, 0.15) is 23.0 Å². The van der Waals surface area contributed by atoms with E-state index in [-0.39, 0.29) is 11.9 Å². The van der Waals surface area contributed by atoms with Crippen LogP contribution < -0.4 is 9.80 Å². The topological polar surface area (TPSA) is 36.4 Å². The summed E-state index contributed by atoms with van der Waals surface area (Å²) < 4.78 is 0. The number of anilines is 3. The molecule has 4 nitrogen and oxygen atoms in total. The molecule has 1 amide bonds. The van der Waals surface area contributed by atoms with Gasteiger partial charge in [-0.3, -0.25) is 9.78 Å². The summed E-state index contributed by atoms with van der Waals surface area (Å²) in [6.07, 6.45) is 2.58. The molecule has 1 unspecified atom stereocenters. The van der Waals surface area contributed by atoms with E-state index in [9.17, 15) is 4.79 Å². The van der Waals surface area contributed by atoms with E-state index in [0.717, 1.165) is 23.5 Å². The zero-order valence-electron chi connectivity index (χ0n) is 15.0. The Balaban J connectivity index is 1.66. The molecule has 4 rings (SSSR count). The summed E-state index contributed by atoms with van der Waals surface area (Å²) in [5.41, 5.74) is 4.68. The molecule has 26 heavy (non-hydrogen) atoms. The minimum atomic E-state index is -0.0502. The first-order valence-electron chi connectivity index (χ1n) is 8.81. The molecule has 0 spiro atoms. The van der Waals surface area contributed by atoms with Gasteiger partial charge < -0.3 is 9.80 Å². The average molecular weight is 343 g/mol. The van der Waals surface area contributed by atoms with Gasteiger partial charge in [-0.05, 0) is 49.2 Å². The first kappa shape index (κ1) is 16.3. The highest BCUT2D eigenvalue weighted by atomic mass is 16.2. The van der Waals surface area contributed by atoms with Crippen LogP contribution in [0.15, 0.2) is 72.9 Å². The Kier molecular flexibility index (Phi) is 4.17. The fraction of sp³-hybridized carbons (Fsp3) is 0.182. The molecule has 2 heterocycles. The summed E-state index contributed by atoms with van der Waals surface area (Å²) >= 11 is 0. The normalized spacial score (nSPS) is 15.6. The lowest BCUT2D eigenvalue weighted by molar-refractivity contribution is 0.0976. The maximum absolute atomic E-state index is 13.2. The van der Waals surface area contributed by atoms with Crippen molar-refractivity contribution in [3.05, 3.63) is 84.2 Å². The molecule has 0 N–H and O–H groups in total. The average Bonchev–Trinajstić information content (AvgIpc) is 3.03. The van der Waals surface area contributed by atoms with Gasteiger partial charge in [0.05, 0.1) is 0 Å². The van der Waals surface area contributed by atoms with Crippen LogP contribution in [0.3, 0.4) is 0 Å². The Labute approximate surface area is 153 Å². The number of aromatic nitrogens is 1. The molecule has 3 aromatic rings. The number of hydrogen-bond acceptors (Lipinski definition) is 3. The molecule has 0 aliphatic carbocycles. The van der Waals surface area contributed by atoms with Crippen LogP contribution >= 0.6 is 0 Å². The van der Waals surface area contributed by atoms with Crippen LogP contribution in [0.4, 0.5) is 17.1 Å². The van der Waals surface area contributed by atoms with Crippen molar-refractivity contribution >= 4 is 23.0 Å². The summed E-state index contributed by atoms with van der Waals surface area (Å²) in [7, 11) is 1.99. The van der Waals surface area contributed by atoms with Crippen molar-refractivity contribution in [1.29, 1.82) is 0 Å². The van der Waals surface area contributed by atoms with Crippen molar-refractivity contribution in [1.82, 2.24) is 4.98 Å². The monoisotopic (exact) mass is 343 g/mol. The Bertz CT molecular complexity index is 939. The lowest BCUT2D eigenvalue weighted by Gasteiger charge is -2.24. The van der Waals surface area contributed by atoms with E-state index in [1.807, 2.05) is 72.6 Å². The van der Waals surface area contributed by atoms with Crippen molar-refractivity contribution in [2.75, 3.05) is 16.8 Å². The molecular formula is C22H21N3O. The number of carbonyl (C=O) groups is 1. The van der Waals surface area contributed by atoms with Gasteiger partial charge in [-0.2, -0.15) is 0 Å². The molecule has 130 valence electrons. The molecule has 4 heteroatoms. The van der Waals surface area contributed by atoms with Crippen LogP contribution in [0, 0.1) is 0 Å². The number of nitrogens with zero attached hydrogens (tertiary/aromatic N) is 3. The lowest BCUT2D eigenvalue weighted by Crippen LogP contribution is -2.36. The molecule has 0 fully saturated rings. The molecule has 2 aromatic carbocycles. The Morgan fingerprint density at radius 2 is 1.77 bits per heavy atom. The van der Waals surface area contributed by atoms with Gasteiger partial charge in [-0.1, -0.05) is 36.4 Å². The number of benzene rings is 2. The number of amides is 1. The molecule has 0 radical (unpaired) electrons. The largest absolute Gasteiger partial charge is 0.345 e. The van der Waals surface area contributed by atoms with Gasteiger partial charge in [0.15, 0.2) is 0 Å². The number of carbonyl (C=O) groups excluding carboxylic acids is 1. The predicted octanol–water partition coefficient (Wildman–Crippen LogP) is 4.44. The minimum Gasteiger partial charge on any atom is -0.345 e. The standard InChI is InChI=1S/C22H21N3O/c1-16-14-17-8-6-7-11-21(17)25(16)22(26)20-15-19(12-13-23-20)24(2)18-9-4-3-5-10-18/h3-13,15-16H,14H2,1-2H3. The highest BCUT2D eigenvalue weighted by Gasteiger charge is 2.31. The number of pyridine rings is 1. The van der Waals surface area contributed by atoms with Gasteiger partial charge in [-0.25, -0.2) is 0 Å². The second-order valence-corrected chi connectivity index (χ2v) is 6.65. The number of fused-ring (bicyclic) bond motifs is 1. The van der Waals surface area contributed by atoms with Crippen molar-refractivity contribution in [2.24, 2.45) is 0 Å². The highest BCUT2D eigenvalue weighted by molar-refractivity contribution is 6.07. The molecule has 0 saturated carbocycles. The van der Waals surface area contributed by atoms with E-state index in [2.05, 4.69) is 22.9 Å². The highest BCUT2D eigenvalue weighted by Crippen LogP contribution is 2.33. The minimum absolute atomic E-state index is 0.0502. The van der Waals surface area contributed by atoms with Crippen molar-refractivity contribution < 1.29 is 4.79 Å². The van der Waals surface area contributed by atoms with Crippen molar-refractivity contribution in [3.8, 4) is 0 Å².